The van der Waals surface area contributed by atoms with Gasteiger partial charge >= 0.3 is 0 Å². The van der Waals surface area contributed by atoms with Crippen molar-refractivity contribution in [1.82, 2.24) is 4.98 Å². The number of carbonyl (C=O) groups excluding carboxylic acids is 1. The van der Waals surface area contributed by atoms with Crippen LogP contribution < -0.4 is 5.73 Å². The van der Waals surface area contributed by atoms with Crippen LogP contribution in [0.5, 0.6) is 0 Å². The van der Waals surface area contributed by atoms with Gasteiger partial charge in [0, 0.05) is 22.8 Å². The van der Waals surface area contributed by atoms with Crippen LogP contribution in [-0.4, -0.2) is 10.9 Å². The van der Waals surface area contributed by atoms with Crippen LogP contribution in [0.3, 0.4) is 0 Å². The van der Waals surface area contributed by atoms with E-state index in [9.17, 15) is 4.79 Å². The van der Waals surface area contributed by atoms with E-state index in [0.717, 1.165) is 22.0 Å². The van der Waals surface area contributed by atoms with Gasteiger partial charge in [-0.25, -0.2) is 0 Å². The number of hydrogen-bond donors (Lipinski definition) is 1. The Bertz CT molecular complexity index is 547. The molecule has 0 spiro atoms. The Morgan fingerprint density at radius 3 is 2.73 bits per heavy atom. The molecule has 2 rings (SSSR count). The Morgan fingerprint density at radius 1 is 1.33 bits per heavy atom. The van der Waals surface area contributed by atoms with E-state index in [1.54, 1.807) is 6.20 Å². The summed E-state index contributed by atoms with van der Waals surface area (Å²) in [6.07, 6.45) is 1.73. The van der Waals surface area contributed by atoms with Crippen molar-refractivity contribution in [2.75, 3.05) is 0 Å². The second-order valence-electron chi connectivity index (χ2n) is 3.65. The van der Waals surface area contributed by atoms with Crippen molar-refractivity contribution in [1.29, 1.82) is 0 Å². The van der Waals surface area contributed by atoms with Gasteiger partial charge in [0.05, 0.1) is 0 Å². The Kier molecular flexibility index (Phi) is 2.15. The molecule has 0 bridgehead atoms. The molecule has 76 valence electrons. The number of carbonyl (C=O) groups is 1. The van der Waals surface area contributed by atoms with Gasteiger partial charge in [0.25, 0.3) is 0 Å². The number of fused-ring (bicyclic) bond motifs is 1. The first-order valence-electron chi connectivity index (χ1n) is 4.75. The predicted octanol–water partition coefficient (Wildman–Crippen LogP) is 1.95. The largest absolute Gasteiger partial charge is 0.366 e. The highest BCUT2D eigenvalue weighted by Crippen LogP contribution is 2.21. The summed E-state index contributed by atoms with van der Waals surface area (Å²) in [5, 5.41) is 2.07. The summed E-state index contributed by atoms with van der Waals surface area (Å²) >= 11 is 0. The van der Waals surface area contributed by atoms with Gasteiger partial charge in [0.1, 0.15) is 0 Å². The molecule has 0 saturated carbocycles. The van der Waals surface area contributed by atoms with E-state index in [-0.39, 0.29) is 5.91 Å². The van der Waals surface area contributed by atoms with Crippen LogP contribution in [0.4, 0.5) is 0 Å². The van der Waals surface area contributed by atoms with E-state index in [1.165, 1.54) is 0 Å². The number of pyridine rings is 1. The van der Waals surface area contributed by atoms with Gasteiger partial charge in [-0.1, -0.05) is 0 Å². The number of amides is 1. The lowest BCUT2D eigenvalue weighted by atomic mass is 10.0. The zero-order valence-corrected chi connectivity index (χ0v) is 8.74. The zero-order chi connectivity index (χ0) is 11.0. The number of nitrogens with two attached hydrogens (primary N) is 1. The maximum Gasteiger partial charge on any atom is 0.248 e. The zero-order valence-electron chi connectivity index (χ0n) is 8.74. The van der Waals surface area contributed by atoms with Crippen LogP contribution in [0.25, 0.3) is 10.8 Å². The highest BCUT2D eigenvalue weighted by atomic mass is 16.1. The first-order valence-corrected chi connectivity index (χ1v) is 4.75. The minimum Gasteiger partial charge on any atom is -0.366 e. The molecule has 15 heavy (non-hydrogen) atoms. The molecule has 2 aromatic rings. The minimum absolute atomic E-state index is 0.385. The molecule has 1 aromatic carbocycles. The Labute approximate surface area is 87.9 Å². The maximum atomic E-state index is 11.2. The molecule has 0 atom stereocenters. The Hall–Kier alpha value is -1.90. The number of aryl methyl sites for hydroxylation is 2. The number of rotatable bonds is 1. The SMILES string of the molecule is Cc1cc2c(C)nccc2cc1C(N)=O. The molecule has 2 N–H and O–H groups in total. The molecular weight excluding hydrogens is 188 g/mol. The number of nitrogens with zero attached hydrogens (tertiary/aromatic N) is 1. The average molecular weight is 200 g/mol. The third kappa shape index (κ3) is 1.56. The normalized spacial score (nSPS) is 10.5. The second-order valence-corrected chi connectivity index (χ2v) is 3.65. The van der Waals surface area contributed by atoms with Crippen LogP contribution in [0, 0.1) is 13.8 Å². The average Bonchev–Trinajstić information content (AvgIpc) is 2.18. The monoisotopic (exact) mass is 200 g/mol. The predicted molar refractivity (Wildman–Crippen MR) is 59.7 cm³/mol. The molecule has 0 aliphatic carbocycles. The van der Waals surface area contributed by atoms with Crippen molar-refractivity contribution < 1.29 is 4.79 Å². The standard InChI is InChI=1S/C12H12N2O/c1-7-5-11-8(2)14-4-3-9(11)6-10(7)12(13)15/h3-6H,1-2H3,(H2,13,15). The summed E-state index contributed by atoms with van der Waals surface area (Å²) in [6.45, 7) is 3.83. The molecule has 3 nitrogen and oxygen atoms in total. The second kappa shape index (κ2) is 3.35. The molecule has 1 aromatic heterocycles. The summed E-state index contributed by atoms with van der Waals surface area (Å²) < 4.78 is 0. The molecule has 0 fully saturated rings. The van der Waals surface area contributed by atoms with Gasteiger partial charge in [-0.15, -0.1) is 0 Å². The van der Waals surface area contributed by atoms with Gasteiger partial charge in [0.2, 0.25) is 5.91 Å². The molecular formula is C12H12N2O. The fraction of sp³-hybridized carbons (Fsp3) is 0.167. The smallest absolute Gasteiger partial charge is 0.248 e. The van der Waals surface area contributed by atoms with Gasteiger partial charge in [0.15, 0.2) is 0 Å². The first-order chi connectivity index (χ1) is 7.09. The van der Waals surface area contributed by atoms with Crippen LogP contribution >= 0.6 is 0 Å². The molecule has 1 amide bonds. The topological polar surface area (TPSA) is 56.0 Å². The van der Waals surface area contributed by atoms with Gasteiger partial charge in [-0.3, -0.25) is 9.78 Å². The van der Waals surface area contributed by atoms with Crippen LogP contribution in [-0.2, 0) is 0 Å². The molecule has 0 aliphatic heterocycles. The molecule has 0 radical (unpaired) electrons. The van der Waals surface area contributed by atoms with E-state index in [1.807, 2.05) is 32.0 Å². The van der Waals surface area contributed by atoms with E-state index in [0.29, 0.717) is 5.56 Å². The molecule has 0 unspecified atom stereocenters. The summed E-state index contributed by atoms with van der Waals surface area (Å²) in [7, 11) is 0. The van der Waals surface area contributed by atoms with E-state index in [2.05, 4.69) is 4.98 Å². The van der Waals surface area contributed by atoms with Crippen molar-refractivity contribution in [3.63, 3.8) is 0 Å². The van der Waals surface area contributed by atoms with Crippen molar-refractivity contribution in [2.45, 2.75) is 13.8 Å². The van der Waals surface area contributed by atoms with Crippen molar-refractivity contribution in [3.8, 4) is 0 Å². The molecule has 3 heteroatoms. The van der Waals surface area contributed by atoms with Gasteiger partial charge in [-0.05, 0) is 43.0 Å². The molecule has 0 saturated heterocycles. The van der Waals surface area contributed by atoms with Crippen molar-refractivity contribution in [2.24, 2.45) is 5.73 Å². The van der Waals surface area contributed by atoms with Crippen LogP contribution in [0.2, 0.25) is 0 Å². The van der Waals surface area contributed by atoms with E-state index >= 15 is 0 Å². The van der Waals surface area contributed by atoms with Crippen molar-refractivity contribution in [3.05, 3.63) is 41.2 Å². The first kappa shape index (κ1) is 9.65. The molecule has 1 heterocycles. The van der Waals surface area contributed by atoms with Gasteiger partial charge in [-0.2, -0.15) is 0 Å². The van der Waals surface area contributed by atoms with E-state index in [4.69, 9.17) is 5.73 Å². The number of aromatic nitrogens is 1. The highest BCUT2D eigenvalue weighted by Gasteiger charge is 2.07. The summed E-state index contributed by atoms with van der Waals surface area (Å²) in [5.41, 5.74) is 7.73. The summed E-state index contributed by atoms with van der Waals surface area (Å²) in [5.74, 6) is -0.385. The third-order valence-electron chi connectivity index (χ3n) is 2.57. The summed E-state index contributed by atoms with van der Waals surface area (Å²) in [6, 6.07) is 5.66. The van der Waals surface area contributed by atoms with Crippen LogP contribution in [0.1, 0.15) is 21.6 Å². The van der Waals surface area contributed by atoms with Gasteiger partial charge < -0.3 is 5.73 Å². The lowest BCUT2D eigenvalue weighted by Gasteiger charge is -2.06. The molecule has 0 aliphatic rings. The van der Waals surface area contributed by atoms with E-state index < -0.39 is 0 Å². The fourth-order valence-corrected chi connectivity index (χ4v) is 1.74. The quantitative estimate of drug-likeness (QED) is 0.764. The fourth-order valence-electron chi connectivity index (χ4n) is 1.74. The van der Waals surface area contributed by atoms with Crippen molar-refractivity contribution >= 4 is 16.7 Å². The number of primary amides is 1. The lowest BCUT2D eigenvalue weighted by Crippen LogP contribution is -2.12. The van der Waals surface area contributed by atoms with Crippen LogP contribution in [0.15, 0.2) is 24.4 Å². The number of benzene rings is 1. The highest BCUT2D eigenvalue weighted by molar-refractivity contribution is 5.99. The maximum absolute atomic E-state index is 11.2. The summed E-state index contributed by atoms with van der Waals surface area (Å²) in [4.78, 5) is 15.4. The Morgan fingerprint density at radius 2 is 2.07 bits per heavy atom. The third-order valence-corrected chi connectivity index (χ3v) is 2.57. The Balaban J connectivity index is 2.82. The lowest BCUT2D eigenvalue weighted by molar-refractivity contribution is 0.1000. The minimum atomic E-state index is -0.385. The number of hydrogen-bond acceptors (Lipinski definition) is 2.